The van der Waals surface area contributed by atoms with Gasteiger partial charge in [-0.1, -0.05) is 6.58 Å². The fourth-order valence-corrected chi connectivity index (χ4v) is 0.891. The third-order valence-electron chi connectivity index (χ3n) is 1.97. The summed E-state index contributed by atoms with van der Waals surface area (Å²) in [5.41, 5.74) is 0.446. The van der Waals surface area contributed by atoms with Crippen LogP contribution in [0.5, 0.6) is 0 Å². The Balaban J connectivity index is 2.29. The molecule has 3 heteroatoms. The molecule has 0 spiro atoms. The van der Waals surface area contributed by atoms with Crippen LogP contribution in [-0.2, 0) is 14.3 Å². The van der Waals surface area contributed by atoms with Crippen LogP contribution in [0.3, 0.4) is 0 Å². The highest BCUT2D eigenvalue weighted by Crippen LogP contribution is 2.17. The van der Waals surface area contributed by atoms with Gasteiger partial charge in [-0.3, -0.25) is 0 Å². The number of hydrogen-bond donors (Lipinski definition) is 0. The van der Waals surface area contributed by atoms with Gasteiger partial charge >= 0.3 is 5.97 Å². The second kappa shape index (κ2) is 3.72. The fourth-order valence-electron chi connectivity index (χ4n) is 0.891. The summed E-state index contributed by atoms with van der Waals surface area (Å²) < 4.78 is 10.1. The van der Waals surface area contributed by atoms with E-state index >= 15 is 0 Å². The summed E-state index contributed by atoms with van der Waals surface area (Å²) in [6.07, 6.45) is -0.0528. The van der Waals surface area contributed by atoms with Crippen LogP contribution < -0.4 is 0 Å². The molecule has 1 atom stereocenters. The van der Waals surface area contributed by atoms with Crippen molar-refractivity contribution in [3.8, 4) is 0 Å². The van der Waals surface area contributed by atoms with Crippen molar-refractivity contribution in [1.82, 2.24) is 0 Å². The largest absolute Gasteiger partial charge is 0.459 e. The van der Waals surface area contributed by atoms with Gasteiger partial charge in [0.15, 0.2) is 0 Å². The minimum atomic E-state index is -0.311. The Morgan fingerprint density at radius 2 is 2.25 bits per heavy atom. The molecule has 3 nitrogen and oxygen atoms in total. The molecule has 1 heterocycles. The highest BCUT2D eigenvalue weighted by Gasteiger charge is 2.27. The van der Waals surface area contributed by atoms with Gasteiger partial charge in [0.2, 0.25) is 0 Å². The summed E-state index contributed by atoms with van der Waals surface area (Å²) in [5.74, 6) is 0.0581. The Morgan fingerprint density at radius 3 is 2.58 bits per heavy atom. The first-order chi connectivity index (χ1) is 5.61. The molecule has 0 bridgehead atoms. The van der Waals surface area contributed by atoms with Gasteiger partial charge < -0.3 is 9.47 Å². The van der Waals surface area contributed by atoms with Crippen LogP contribution in [0.2, 0.25) is 0 Å². The molecule has 0 aromatic heterocycles. The Hall–Kier alpha value is -0.830. The lowest BCUT2D eigenvalue weighted by Crippen LogP contribution is -2.38. The molecule has 1 saturated heterocycles. The third-order valence-corrected chi connectivity index (χ3v) is 1.97. The molecule has 0 N–H and O–H groups in total. The molecule has 0 amide bonds. The van der Waals surface area contributed by atoms with Gasteiger partial charge in [0.1, 0.15) is 6.10 Å². The van der Waals surface area contributed by atoms with E-state index in [0.717, 1.165) is 0 Å². The number of esters is 1. The average Bonchev–Trinajstić information content (AvgIpc) is 1.82. The molecule has 1 rings (SSSR count). The van der Waals surface area contributed by atoms with Gasteiger partial charge in [0.25, 0.3) is 0 Å². The third kappa shape index (κ3) is 2.08. The molecule has 68 valence electrons. The number of carbonyl (C=O) groups is 1. The van der Waals surface area contributed by atoms with Crippen LogP contribution in [0.25, 0.3) is 0 Å². The lowest BCUT2D eigenvalue weighted by molar-refractivity contribution is -0.156. The van der Waals surface area contributed by atoms with Crippen LogP contribution in [0.4, 0.5) is 0 Å². The summed E-state index contributed by atoms with van der Waals surface area (Å²) >= 11 is 0. The zero-order chi connectivity index (χ0) is 9.14. The van der Waals surface area contributed by atoms with Crippen LogP contribution >= 0.6 is 0 Å². The van der Waals surface area contributed by atoms with E-state index < -0.39 is 0 Å². The van der Waals surface area contributed by atoms with Crippen molar-refractivity contribution >= 4 is 5.97 Å². The Bertz CT molecular complexity index is 194. The lowest BCUT2D eigenvalue weighted by atomic mass is 10.0. The van der Waals surface area contributed by atoms with Crippen LogP contribution in [0, 0.1) is 5.92 Å². The van der Waals surface area contributed by atoms with Crippen LogP contribution in [-0.4, -0.2) is 25.3 Å². The first-order valence-corrected chi connectivity index (χ1v) is 4.05. The predicted octanol–water partition coefficient (Wildman–Crippen LogP) is 1.14. The quantitative estimate of drug-likeness (QED) is 0.470. The summed E-state index contributed by atoms with van der Waals surface area (Å²) in [4.78, 5) is 11.0. The molecule has 0 saturated carbocycles. The van der Waals surface area contributed by atoms with Gasteiger partial charge in [0.05, 0.1) is 13.2 Å². The molecule has 0 aromatic rings. The first kappa shape index (κ1) is 9.26. The maximum absolute atomic E-state index is 11.0. The van der Waals surface area contributed by atoms with E-state index in [4.69, 9.17) is 9.47 Å². The molecular formula is C9H14O3. The highest BCUT2D eigenvalue weighted by atomic mass is 16.6. The highest BCUT2D eigenvalue weighted by molar-refractivity contribution is 5.87. The average molecular weight is 170 g/mol. The van der Waals surface area contributed by atoms with Crippen molar-refractivity contribution in [2.75, 3.05) is 13.2 Å². The molecular weight excluding hydrogens is 156 g/mol. The van der Waals surface area contributed by atoms with E-state index in [-0.39, 0.29) is 12.1 Å². The van der Waals surface area contributed by atoms with Gasteiger partial charge in [0, 0.05) is 11.5 Å². The monoisotopic (exact) mass is 170 g/mol. The van der Waals surface area contributed by atoms with Crippen LogP contribution in [0.15, 0.2) is 12.2 Å². The molecule has 1 unspecified atom stereocenters. The number of ether oxygens (including phenoxy) is 2. The van der Waals surface area contributed by atoms with E-state index in [1.165, 1.54) is 0 Å². The van der Waals surface area contributed by atoms with Crippen LogP contribution in [0.1, 0.15) is 13.8 Å². The van der Waals surface area contributed by atoms with Crippen molar-refractivity contribution in [2.24, 2.45) is 5.92 Å². The van der Waals surface area contributed by atoms with E-state index in [0.29, 0.717) is 24.7 Å². The molecule has 12 heavy (non-hydrogen) atoms. The number of hydrogen-bond acceptors (Lipinski definition) is 3. The minimum Gasteiger partial charge on any atom is -0.459 e. The van der Waals surface area contributed by atoms with E-state index in [1.807, 2.05) is 6.92 Å². The smallest absolute Gasteiger partial charge is 0.333 e. The Kier molecular flexibility index (Phi) is 2.87. The summed E-state index contributed by atoms with van der Waals surface area (Å²) in [5, 5.41) is 0. The van der Waals surface area contributed by atoms with Crippen molar-refractivity contribution in [3.05, 3.63) is 12.2 Å². The zero-order valence-corrected chi connectivity index (χ0v) is 7.50. The second-order valence-corrected chi connectivity index (χ2v) is 3.19. The van der Waals surface area contributed by atoms with Crippen molar-refractivity contribution in [2.45, 2.75) is 20.0 Å². The SMILES string of the molecule is C=C(C)C(=O)OC(C)C1COC1. The number of carbonyl (C=O) groups excluding carboxylic acids is 1. The molecule has 0 aliphatic carbocycles. The van der Waals surface area contributed by atoms with Gasteiger partial charge in [-0.25, -0.2) is 4.79 Å². The van der Waals surface area contributed by atoms with Gasteiger partial charge in [-0.15, -0.1) is 0 Å². The zero-order valence-electron chi connectivity index (χ0n) is 7.50. The second-order valence-electron chi connectivity index (χ2n) is 3.19. The molecule has 0 aromatic carbocycles. The summed E-state index contributed by atoms with van der Waals surface area (Å²) in [7, 11) is 0. The first-order valence-electron chi connectivity index (χ1n) is 4.05. The van der Waals surface area contributed by atoms with Crippen molar-refractivity contribution in [3.63, 3.8) is 0 Å². The number of rotatable bonds is 3. The summed E-state index contributed by atoms with van der Waals surface area (Å²) in [6.45, 7) is 8.43. The maximum Gasteiger partial charge on any atom is 0.333 e. The predicted molar refractivity (Wildman–Crippen MR) is 44.7 cm³/mol. The summed E-state index contributed by atoms with van der Waals surface area (Å²) in [6, 6.07) is 0. The normalized spacial score (nSPS) is 19.5. The topological polar surface area (TPSA) is 35.5 Å². The molecule has 1 aliphatic rings. The van der Waals surface area contributed by atoms with Crippen molar-refractivity contribution in [1.29, 1.82) is 0 Å². The van der Waals surface area contributed by atoms with Gasteiger partial charge in [-0.2, -0.15) is 0 Å². The molecule has 1 fully saturated rings. The standard InChI is InChI=1S/C9H14O3/c1-6(2)9(10)12-7(3)8-4-11-5-8/h7-8H,1,4-5H2,2-3H3. The van der Waals surface area contributed by atoms with E-state index in [2.05, 4.69) is 6.58 Å². The minimum absolute atomic E-state index is 0.0528. The van der Waals surface area contributed by atoms with Crippen molar-refractivity contribution < 1.29 is 14.3 Å². The lowest BCUT2D eigenvalue weighted by Gasteiger charge is -2.30. The Morgan fingerprint density at radius 1 is 1.67 bits per heavy atom. The maximum atomic E-state index is 11.0. The fraction of sp³-hybridized carbons (Fsp3) is 0.667. The van der Waals surface area contributed by atoms with E-state index in [9.17, 15) is 4.79 Å². The van der Waals surface area contributed by atoms with E-state index in [1.54, 1.807) is 6.92 Å². The van der Waals surface area contributed by atoms with Gasteiger partial charge in [-0.05, 0) is 13.8 Å². The molecule has 0 radical (unpaired) electrons. The Labute approximate surface area is 72.4 Å². The molecule has 1 aliphatic heterocycles.